The standard InChI is InChI=1S/C15H17NO4/c1-19-13-6-9-5-10(8-17)16-12(3-4-15(16)18)11(9)7-14(13)20-2/h6-8,10,12H,3-5H2,1-2H3/t10-,12+/m0/s1. The Morgan fingerprint density at radius 1 is 1.25 bits per heavy atom. The van der Waals surface area contributed by atoms with Gasteiger partial charge in [0.1, 0.15) is 6.29 Å². The van der Waals surface area contributed by atoms with Crippen molar-refractivity contribution in [2.75, 3.05) is 14.2 Å². The molecule has 1 saturated heterocycles. The van der Waals surface area contributed by atoms with E-state index >= 15 is 0 Å². The molecule has 20 heavy (non-hydrogen) atoms. The zero-order chi connectivity index (χ0) is 14.3. The molecule has 0 unspecified atom stereocenters. The molecule has 0 aromatic heterocycles. The summed E-state index contributed by atoms with van der Waals surface area (Å²) in [5.74, 6) is 1.39. The fourth-order valence-corrected chi connectivity index (χ4v) is 3.28. The van der Waals surface area contributed by atoms with Gasteiger partial charge in [-0.15, -0.1) is 0 Å². The minimum Gasteiger partial charge on any atom is -0.493 e. The summed E-state index contributed by atoms with van der Waals surface area (Å²) in [6.07, 6.45) is 2.67. The van der Waals surface area contributed by atoms with Gasteiger partial charge in [0.15, 0.2) is 11.5 Å². The zero-order valence-electron chi connectivity index (χ0n) is 11.6. The number of carbonyl (C=O) groups is 2. The molecule has 0 radical (unpaired) electrons. The molecule has 2 aliphatic heterocycles. The Morgan fingerprint density at radius 3 is 2.60 bits per heavy atom. The van der Waals surface area contributed by atoms with Crippen LogP contribution in [0.15, 0.2) is 12.1 Å². The third kappa shape index (κ3) is 1.77. The Labute approximate surface area is 117 Å². The highest BCUT2D eigenvalue weighted by Crippen LogP contribution is 2.44. The quantitative estimate of drug-likeness (QED) is 0.784. The van der Waals surface area contributed by atoms with Gasteiger partial charge in [-0.05, 0) is 29.7 Å². The van der Waals surface area contributed by atoms with Crippen LogP contribution in [-0.2, 0) is 16.0 Å². The normalized spacial score (nSPS) is 24.1. The van der Waals surface area contributed by atoms with Crippen LogP contribution >= 0.6 is 0 Å². The van der Waals surface area contributed by atoms with Crippen LogP contribution in [0.5, 0.6) is 11.5 Å². The van der Waals surface area contributed by atoms with Crippen LogP contribution in [0, 0.1) is 0 Å². The summed E-state index contributed by atoms with van der Waals surface area (Å²) >= 11 is 0. The van der Waals surface area contributed by atoms with Crippen molar-refractivity contribution in [1.29, 1.82) is 0 Å². The number of carbonyl (C=O) groups excluding carboxylic acids is 2. The summed E-state index contributed by atoms with van der Waals surface area (Å²) in [7, 11) is 3.19. The van der Waals surface area contributed by atoms with Gasteiger partial charge in [-0.3, -0.25) is 4.79 Å². The lowest BCUT2D eigenvalue weighted by Crippen LogP contribution is -2.44. The fourth-order valence-electron chi connectivity index (χ4n) is 3.28. The lowest BCUT2D eigenvalue weighted by molar-refractivity contribution is -0.135. The molecule has 1 fully saturated rings. The van der Waals surface area contributed by atoms with E-state index in [0.717, 1.165) is 23.8 Å². The number of nitrogens with zero attached hydrogens (tertiary/aromatic N) is 1. The number of fused-ring (bicyclic) bond motifs is 3. The molecular formula is C15H17NO4. The van der Waals surface area contributed by atoms with Crippen LogP contribution in [-0.4, -0.2) is 37.4 Å². The second-order valence-electron chi connectivity index (χ2n) is 5.17. The maximum atomic E-state index is 12.0. The molecule has 5 heteroatoms. The number of aldehydes is 1. The average molecular weight is 275 g/mol. The van der Waals surface area contributed by atoms with E-state index in [1.165, 1.54) is 0 Å². The molecule has 0 aliphatic carbocycles. The molecular weight excluding hydrogens is 258 g/mol. The first-order chi connectivity index (χ1) is 9.69. The van der Waals surface area contributed by atoms with Gasteiger partial charge in [-0.1, -0.05) is 0 Å². The molecule has 2 heterocycles. The third-order valence-electron chi connectivity index (χ3n) is 4.20. The molecule has 1 aromatic carbocycles. The number of ether oxygens (including phenoxy) is 2. The summed E-state index contributed by atoms with van der Waals surface area (Å²) in [5.41, 5.74) is 2.14. The first-order valence-electron chi connectivity index (χ1n) is 6.70. The molecule has 5 nitrogen and oxygen atoms in total. The molecule has 1 aromatic rings. The van der Waals surface area contributed by atoms with Crippen molar-refractivity contribution in [3.8, 4) is 11.5 Å². The van der Waals surface area contributed by atoms with E-state index in [1.54, 1.807) is 19.1 Å². The lowest BCUT2D eigenvalue weighted by atomic mass is 9.88. The van der Waals surface area contributed by atoms with Gasteiger partial charge in [-0.2, -0.15) is 0 Å². The Morgan fingerprint density at radius 2 is 1.95 bits per heavy atom. The monoisotopic (exact) mass is 275 g/mol. The van der Waals surface area contributed by atoms with E-state index in [4.69, 9.17) is 9.47 Å². The maximum absolute atomic E-state index is 12.0. The van der Waals surface area contributed by atoms with Crippen molar-refractivity contribution in [2.24, 2.45) is 0 Å². The summed E-state index contributed by atoms with van der Waals surface area (Å²) in [5, 5.41) is 0. The van der Waals surface area contributed by atoms with Gasteiger partial charge in [0.25, 0.3) is 0 Å². The first-order valence-corrected chi connectivity index (χ1v) is 6.70. The van der Waals surface area contributed by atoms with Gasteiger partial charge < -0.3 is 19.2 Å². The zero-order valence-corrected chi connectivity index (χ0v) is 11.6. The van der Waals surface area contributed by atoms with Crippen molar-refractivity contribution in [3.63, 3.8) is 0 Å². The number of benzene rings is 1. The van der Waals surface area contributed by atoms with Crippen LogP contribution in [0.3, 0.4) is 0 Å². The number of amides is 1. The van der Waals surface area contributed by atoms with Crippen LogP contribution < -0.4 is 9.47 Å². The molecule has 0 saturated carbocycles. The maximum Gasteiger partial charge on any atom is 0.223 e. The van der Waals surface area contributed by atoms with Crippen LogP contribution in [0.4, 0.5) is 0 Å². The predicted octanol–water partition coefficient (Wildman–Crippen LogP) is 1.49. The van der Waals surface area contributed by atoms with Gasteiger partial charge >= 0.3 is 0 Å². The smallest absolute Gasteiger partial charge is 0.223 e. The van der Waals surface area contributed by atoms with E-state index < -0.39 is 0 Å². The minimum absolute atomic E-state index is 0.0127. The molecule has 0 bridgehead atoms. The molecule has 2 aliphatic rings. The summed E-state index contributed by atoms with van der Waals surface area (Å²) in [6, 6.07) is 3.48. The molecule has 3 rings (SSSR count). The van der Waals surface area contributed by atoms with E-state index in [2.05, 4.69) is 0 Å². The molecule has 106 valence electrons. The van der Waals surface area contributed by atoms with E-state index in [9.17, 15) is 9.59 Å². The SMILES string of the molecule is COc1cc2c(cc1OC)[C@H]1CCC(=O)N1[C@H](C=O)C2. The minimum atomic E-state index is -0.361. The second kappa shape index (κ2) is 4.81. The topological polar surface area (TPSA) is 55.8 Å². The van der Waals surface area contributed by atoms with Crippen molar-refractivity contribution in [1.82, 2.24) is 4.90 Å². The van der Waals surface area contributed by atoms with Crippen molar-refractivity contribution < 1.29 is 19.1 Å². The molecule has 2 atom stereocenters. The summed E-state index contributed by atoms with van der Waals surface area (Å²) < 4.78 is 10.6. The summed E-state index contributed by atoms with van der Waals surface area (Å²) in [4.78, 5) is 25.0. The Balaban J connectivity index is 2.11. The lowest BCUT2D eigenvalue weighted by Gasteiger charge is -2.37. The highest BCUT2D eigenvalue weighted by atomic mass is 16.5. The van der Waals surface area contributed by atoms with Gasteiger partial charge in [0.2, 0.25) is 5.91 Å². The molecule has 0 spiro atoms. The van der Waals surface area contributed by atoms with Crippen molar-refractivity contribution >= 4 is 12.2 Å². The van der Waals surface area contributed by atoms with Crippen molar-refractivity contribution in [3.05, 3.63) is 23.3 Å². The largest absolute Gasteiger partial charge is 0.493 e. The predicted molar refractivity (Wildman–Crippen MR) is 71.9 cm³/mol. The number of methoxy groups -OCH3 is 2. The summed E-state index contributed by atoms with van der Waals surface area (Å²) in [6.45, 7) is 0. The number of hydrogen-bond acceptors (Lipinski definition) is 4. The Kier molecular flexibility index (Phi) is 3.12. The Bertz CT molecular complexity index is 569. The van der Waals surface area contributed by atoms with Crippen molar-refractivity contribution in [2.45, 2.75) is 31.3 Å². The van der Waals surface area contributed by atoms with Crippen LogP contribution in [0.25, 0.3) is 0 Å². The third-order valence-corrected chi connectivity index (χ3v) is 4.20. The van der Waals surface area contributed by atoms with Gasteiger partial charge in [0.05, 0.1) is 26.3 Å². The van der Waals surface area contributed by atoms with Gasteiger partial charge in [-0.25, -0.2) is 0 Å². The molecule has 0 N–H and O–H groups in total. The van der Waals surface area contributed by atoms with Crippen LogP contribution in [0.1, 0.15) is 30.0 Å². The van der Waals surface area contributed by atoms with E-state index in [0.29, 0.717) is 24.3 Å². The second-order valence-corrected chi connectivity index (χ2v) is 5.17. The van der Waals surface area contributed by atoms with E-state index in [-0.39, 0.29) is 18.0 Å². The van der Waals surface area contributed by atoms with Gasteiger partial charge in [0, 0.05) is 12.8 Å². The van der Waals surface area contributed by atoms with E-state index in [1.807, 2.05) is 12.1 Å². The van der Waals surface area contributed by atoms with Crippen LogP contribution in [0.2, 0.25) is 0 Å². The average Bonchev–Trinajstić information content (AvgIpc) is 2.87. The number of rotatable bonds is 3. The first kappa shape index (κ1) is 13.0. The fraction of sp³-hybridized carbons (Fsp3) is 0.467. The number of hydrogen-bond donors (Lipinski definition) is 0. The molecule has 1 amide bonds. The Hall–Kier alpha value is -2.04. The highest BCUT2D eigenvalue weighted by Gasteiger charge is 2.42. The highest BCUT2D eigenvalue weighted by molar-refractivity contribution is 5.83.